The highest BCUT2D eigenvalue weighted by molar-refractivity contribution is 6.99. The number of ether oxygens (including phenoxy) is 13. The molecule has 0 radical (unpaired) electrons. The van der Waals surface area contributed by atoms with E-state index in [9.17, 15) is 0 Å². The van der Waals surface area contributed by atoms with Gasteiger partial charge in [-0.3, -0.25) is 0 Å². The largest absolute Gasteiger partial charge is 0.405 e. The summed E-state index contributed by atoms with van der Waals surface area (Å²) in [5.74, 6) is 0. The molecule has 1 unspecified atom stereocenters. The van der Waals surface area contributed by atoms with E-state index in [1.165, 1.54) is 10.4 Å². The lowest BCUT2D eigenvalue weighted by Crippen LogP contribution is -2.66. The molecular weight excluding hydrogens is 793 g/mol. The van der Waals surface area contributed by atoms with E-state index in [0.717, 1.165) is 25.9 Å². The minimum atomic E-state index is -2.54. The SMILES string of the molecule is CC(C)(C)[Si](OCCOCCOCCOCCOCCOCCOCCOCCOCCOCCOCCOCCOC1CCCCO1)(c1ccccc1)c1ccccc1. The molecule has 1 fully saturated rings. The van der Waals surface area contributed by atoms with Crippen LogP contribution in [0.3, 0.4) is 0 Å². The number of hydrogen-bond donors (Lipinski definition) is 0. The summed E-state index contributed by atoms with van der Waals surface area (Å²) in [4.78, 5) is 0. The van der Waals surface area contributed by atoms with Crippen molar-refractivity contribution >= 4 is 18.7 Å². The number of hydrogen-bond acceptors (Lipinski definition) is 14. The molecule has 2 aromatic rings. The molecule has 1 saturated heterocycles. The van der Waals surface area contributed by atoms with E-state index in [1.54, 1.807) is 0 Å². The van der Waals surface area contributed by atoms with Gasteiger partial charge in [-0.05, 0) is 34.7 Å². The minimum Gasteiger partial charge on any atom is -0.405 e. The molecule has 0 aromatic heterocycles. The molecule has 15 heteroatoms. The Morgan fingerprint density at radius 1 is 0.417 bits per heavy atom. The van der Waals surface area contributed by atoms with Crippen molar-refractivity contribution in [2.75, 3.05) is 165 Å². The molecule has 60 heavy (non-hydrogen) atoms. The van der Waals surface area contributed by atoms with Crippen LogP contribution in [0.5, 0.6) is 0 Å². The van der Waals surface area contributed by atoms with E-state index in [1.807, 2.05) is 0 Å². The molecule has 14 nitrogen and oxygen atoms in total. The van der Waals surface area contributed by atoms with Gasteiger partial charge in [0, 0.05) is 6.61 Å². The fraction of sp³-hybridized carbons (Fsp3) is 0.733. The Labute approximate surface area is 361 Å². The van der Waals surface area contributed by atoms with Crippen molar-refractivity contribution in [2.45, 2.75) is 51.4 Å². The zero-order valence-electron chi connectivity index (χ0n) is 36.9. The van der Waals surface area contributed by atoms with Gasteiger partial charge >= 0.3 is 0 Å². The van der Waals surface area contributed by atoms with E-state index in [2.05, 4.69) is 81.4 Å². The Bertz CT molecular complexity index is 1180. The molecule has 1 aliphatic heterocycles. The topological polar surface area (TPSA) is 129 Å². The Hall–Kier alpha value is -1.90. The Kier molecular flexibility index (Phi) is 31.1. The van der Waals surface area contributed by atoms with Crippen LogP contribution in [-0.2, 0) is 66.0 Å². The van der Waals surface area contributed by atoms with Crippen molar-refractivity contribution in [3.05, 3.63) is 60.7 Å². The molecule has 1 aliphatic rings. The lowest BCUT2D eigenvalue weighted by molar-refractivity contribution is -0.169. The maximum absolute atomic E-state index is 6.86. The van der Waals surface area contributed by atoms with E-state index in [4.69, 9.17) is 66.0 Å². The maximum Gasteiger partial charge on any atom is 0.261 e. The molecule has 0 N–H and O–H groups in total. The summed E-state index contributed by atoms with van der Waals surface area (Å²) in [6, 6.07) is 21.3. The summed E-state index contributed by atoms with van der Waals surface area (Å²) < 4.78 is 79.3. The number of rotatable bonds is 40. The molecule has 344 valence electrons. The zero-order valence-corrected chi connectivity index (χ0v) is 37.9. The van der Waals surface area contributed by atoms with Gasteiger partial charge in [-0.25, -0.2) is 0 Å². The van der Waals surface area contributed by atoms with Gasteiger partial charge in [0.2, 0.25) is 0 Å². The van der Waals surface area contributed by atoms with Crippen molar-refractivity contribution in [2.24, 2.45) is 0 Å². The molecule has 3 rings (SSSR count). The fourth-order valence-electron chi connectivity index (χ4n) is 6.40. The standard InChI is InChI=1S/C45H76O14Si/c1-45(2,3)60(42-12-6-4-7-13-42,43-14-8-5-9-15-43)59-41-39-56-37-35-54-33-31-52-29-27-50-25-23-48-21-19-46-18-20-47-22-24-49-26-28-51-30-32-53-34-36-55-38-40-58-44-16-10-11-17-57-44/h4-9,12-15,44H,10-11,16-41H2,1-3H3. The van der Waals surface area contributed by atoms with Gasteiger partial charge in [0.05, 0.1) is 159 Å². The van der Waals surface area contributed by atoms with Crippen molar-refractivity contribution in [3.63, 3.8) is 0 Å². The molecule has 0 amide bonds. The summed E-state index contributed by atoms with van der Waals surface area (Å²) in [6.07, 6.45) is 3.18. The van der Waals surface area contributed by atoms with Gasteiger partial charge in [0.1, 0.15) is 0 Å². The molecular formula is C45H76O14Si. The minimum absolute atomic E-state index is 0.0588. The van der Waals surface area contributed by atoms with E-state index in [-0.39, 0.29) is 11.3 Å². The van der Waals surface area contributed by atoms with Crippen LogP contribution in [0.25, 0.3) is 0 Å². The van der Waals surface area contributed by atoms with Crippen molar-refractivity contribution in [3.8, 4) is 0 Å². The number of benzene rings is 2. The summed E-state index contributed by atoms with van der Waals surface area (Å²) in [5.41, 5.74) is 0. The predicted octanol–water partition coefficient (Wildman–Crippen LogP) is 4.29. The fourth-order valence-corrected chi connectivity index (χ4v) is 10.9. The first-order chi connectivity index (χ1) is 29.5. The van der Waals surface area contributed by atoms with Gasteiger partial charge in [0.15, 0.2) is 6.29 Å². The van der Waals surface area contributed by atoms with Crippen molar-refractivity contribution in [1.29, 1.82) is 0 Å². The van der Waals surface area contributed by atoms with Gasteiger partial charge < -0.3 is 66.0 Å². The smallest absolute Gasteiger partial charge is 0.261 e. The first-order valence-corrected chi connectivity index (χ1v) is 23.8. The van der Waals surface area contributed by atoms with Crippen LogP contribution in [-0.4, -0.2) is 180 Å². The van der Waals surface area contributed by atoms with Crippen LogP contribution in [0.2, 0.25) is 5.04 Å². The van der Waals surface area contributed by atoms with Gasteiger partial charge in [-0.1, -0.05) is 81.4 Å². The Morgan fingerprint density at radius 2 is 0.717 bits per heavy atom. The first-order valence-electron chi connectivity index (χ1n) is 21.9. The summed E-state index contributed by atoms with van der Waals surface area (Å²) in [5, 5.41) is 2.47. The van der Waals surface area contributed by atoms with Gasteiger partial charge in [-0.2, -0.15) is 0 Å². The van der Waals surface area contributed by atoms with Crippen LogP contribution in [0, 0.1) is 0 Å². The molecule has 2 aromatic carbocycles. The molecule has 1 atom stereocenters. The lowest BCUT2D eigenvalue weighted by atomic mass is 10.2. The van der Waals surface area contributed by atoms with Crippen LogP contribution < -0.4 is 10.4 Å². The highest BCUT2D eigenvalue weighted by Gasteiger charge is 2.50. The average Bonchev–Trinajstić information content (AvgIpc) is 3.26. The third kappa shape index (κ3) is 24.1. The van der Waals surface area contributed by atoms with Gasteiger partial charge in [-0.15, -0.1) is 0 Å². The summed E-state index contributed by atoms with van der Waals surface area (Å²) >= 11 is 0. The maximum atomic E-state index is 6.86. The molecule has 1 heterocycles. The Morgan fingerprint density at radius 3 is 1.00 bits per heavy atom. The molecule has 0 bridgehead atoms. The highest BCUT2D eigenvalue weighted by Crippen LogP contribution is 2.36. The van der Waals surface area contributed by atoms with Crippen LogP contribution in [0.1, 0.15) is 40.0 Å². The normalized spacial score (nSPS) is 14.9. The van der Waals surface area contributed by atoms with E-state index in [0.29, 0.717) is 159 Å². The van der Waals surface area contributed by atoms with Crippen molar-refractivity contribution in [1.82, 2.24) is 0 Å². The molecule has 0 saturated carbocycles. The predicted molar refractivity (Wildman–Crippen MR) is 232 cm³/mol. The zero-order chi connectivity index (χ0) is 42.5. The Balaban J connectivity index is 0.971. The lowest BCUT2D eigenvalue weighted by Gasteiger charge is -2.43. The summed E-state index contributed by atoms with van der Waals surface area (Å²) in [7, 11) is -2.54. The van der Waals surface area contributed by atoms with Crippen molar-refractivity contribution < 1.29 is 66.0 Å². The second-order valence-electron chi connectivity index (χ2n) is 14.9. The average molecular weight is 869 g/mol. The van der Waals surface area contributed by atoms with Crippen LogP contribution >= 0.6 is 0 Å². The molecule has 0 aliphatic carbocycles. The summed E-state index contributed by atoms with van der Waals surface area (Å²) in [6.45, 7) is 19.9. The van der Waals surface area contributed by atoms with E-state index < -0.39 is 8.32 Å². The second kappa shape index (κ2) is 35.5. The van der Waals surface area contributed by atoms with E-state index >= 15 is 0 Å². The van der Waals surface area contributed by atoms with Gasteiger partial charge in [0.25, 0.3) is 8.32 Å². The monoisotopic (exact) mass is 869 g/mol. The third-order valence-corrected chi connectivity index (χ3v) is 14.4. The third-order valence-electron chi connectivity index (χ3n) is 9.35. The highest BCUT2D eigenvalue weighted by atomic mass is 28.4. The quantitative estimate of drug-likeness (QED) is 0.0698. The van der Waals surface area contributed by atoms with Crippen LogP contribution in [0.15, 0.2) is 60.7 Å². The first kappa shape index (κ1) is 52.4. The molecule has 0 spiro atoms. The second-order valence-corrected chi connectivity index (χ2v) is 19.2. The van der Waals surface area contributed by atoms with Crippen LogP contribution in [0.4, 0.5) is 0 Å².